The monoisotopic (exact) mass is 487 g/mol. The molecule has 0 aliphatic rings. The van der Waals surface area contributed by atoms with Crippen molar-refractivity contribution in [2.75, 3.05) is 11.0 Å². The first-order valence-electron chi connectivity index (χ1n) is 9.69. The van der Waals surface area contributed by atoms with Crippen LogP contribution < -0.4 is 10.0 Å². The third kappa shape index (κ3) is 5.50. The number of hydrogen-bond donors (Lipinski definition) is 2. The molecule has 0 radical (unpaired) electrons. The maximum absolute atomic E-state index is 13.0. The Bertz CT molecular complexity index is 1380. The third-order valence-electron chi connectivity index (χ3n) is 4.53. The predicted octanol–water partition coefficient (Wildman–Crippen LogP) is 4.79. The van der Waals surface area contributed by atoms with Crippen molar-refractivity contribution in [3.05, 3.63) is 76.5 Å². The summed E-state index contributed by atoms with van der Waals surface area (Å²) in [6.07, 6.45) is 1.09. The number of aromatic nitrogens is 1. The maximum Gasteiger partial charge on any atom is 0.287 e. The van der Waals surface area contributed by atoms with Gasteiger partial charge in [0.15, 0.2) is 5.76 Å². The number of nitrogens with one attached hydrogen (secondary N) is 2. The smallest absolute Gasteiger partial charge is 0.287 e. The van der Waals surface area contributed by atoms with Gasteiger partial charge >= 0.3 is 0 Å². The topological polar surface area (TPSA) is 101 Å². The molecule has 4 rings (SSSR count). The van der Waals surface area contributed by atoms with Crippen LogP contribution in [0.2, 0.25) is 0 Å². The van der Waals surface area contributed by atoms with Crippen molar-refractivity contribution in [2.45, 2.75) is 23.6 Å². The Balaban J connectivity index is 1.52. The van der Waals surface area contributed by atoms with E-state index in [-0.39, 0.29) is 18.2 Å². The van der Waals surface area contributed by atoms with E-state index >= 15 is 0 Å². The van der Waals surface area contributed by atoms with E-state index in [0.29, 0.717) is 17.0 Å². The summed E-state index contributed by atoms with van der Waals surface area (Å²) in [7, 11) is -3.38. The van der Waals surface area contributed by atoms with Gasteiger partial charge in [0.25, 0.3) is 5.91 Å². The summed E-state index contributed by atoms with van der Waals surface area (Å²) in [5.41, 5.74) is 3.66. The SMILES string of the molecule is Cc1csc(SCc2c(C(=O)NCc3cccc(NS(C)(=O)=O)c3)oc3ccccc23)n1. The van der Waals surface area contributed by atoms with Crippen LogP contribution in [-0.4, -0.2) is 25.6 Å². The van der Waals surface area contributed by atoms with Gasteiger partial charge in [0.05, 0.1) is 6.26 Å². The van der Waals surface area contributed by atoms with Crippen LogP contribution in [-0.2, 0) is 22.3 Å². The highest BCUT2D eigenvalue weighted by Gasteiger charge is 2.21. The van der Waals surface area contributed by atoms with Crippen LogP contribution in [0, 0.1) is 6.92 Å². The summed E-state index contributed by atoms with van der Waals surface area (Å²) in [5, 5.41) is 5.77. The zero-order chi connectivity index (χ0) is 22.7. The quantitative estimate of drug-likeness (QED) is 0.347. The number of hydrogen-bond acceptors (Lipinski definition) is 7. The van der Waals surface area contributed by atoms with Crippen molar-refractivity contribution in [1.29, 1.82) is 0 Å². The summed E-state index contributed by atoms with van der Waals surface area (Å²) >= 11 is 3.14. The molecule has 0 aliphatic carbocycles. The minimum absolute atomic E-state index is 0.230. The molecule has 1 amide bonds. The predicted molar refractivity (Wildman–Crippen MR) is 129 cm³/mol. The molecule has 2 N–H and O–H groups in total. The van der Waals surface area contributed by atoms with Crippen LogP contribution in [0.25, 0.3) is 11.0 Å². The van der Waals surface area contributed by atoms with Crippen LogP contribution >= 0.6 is 23.1 Å². The van der Waals surface area contributed by atoms with Gasteiger partial charge in [-0.15, -0.1) is 11.3 Å². The third-order valence-corrected chi connectivity index (χ3v) is 7.30. The molecule has 2 aromatic carbocycles. The Labute approximate surface area is 194 Å². The maximum atomic E-state index is 13.0. The normalized spacial score (nSPS) is 11.6. The van der Waals surface area contributed by atoms with Gasteiger partial charge in [-0.3, -0.25) is 9.52 Å². The van der Waals surface area contributed by atoms with Crippen LogP contribution in [0.1, 0.15) is 27.4 Å². The summed E-state index contributed by atoms with van der Waals surface area (Å²) in [6.45, 7) is 2.18. The Morgan fingerprint density at radius 2 is 2.00 bits per heavy atom. The molecule has 0 saturated carbocycles. The number of carbonyl (C=O) groups excluding carboxylic acids is 1. The fourth-order valence-corrected chi connectivity index (χ4v) is 5.61. The molecular weight excluding hydrogens is 466 g/mol. The van der Waals surface area contributed by atoms with Gasteiger partial charge in [0.2, 0.25) is 10.0 Å². The van der Waals surface area contributed by atoms with Gasteiger partial charge in [0.1, 0.15) is 9.92 Å². The van der Waals surface area contributed by atoms with Gasteiger partial charge in [-0.1, -0.05) is 42.1 Å². The molecule has 2 heterocycles. The largest absolute Gasteiger partial charge is 0.451 e. The van der Waals surface area contributed by atoms with Crippen molar-refractivity contribution >= 4 is 55.7 Å². The highest BCUT2D eigenvalue weighted by atomic mass is 32.2. The van der Waals surface area contributed by atoms with E-state index in [1.54, 1.807) is 41.3 Å². The van der Waals surface area contributed by atoms with Gasteiger partial charge < -0.3 is 9.73 Å². The average Bonchev–Trinajstić information content (AvgIpc) is 3.32. The number of furan rings is 1. The molecule has 4 aromatic rings. The fourth-order valence-electron chi connectivity index (χ4n) is 3.18. The van der Waals surface area contributed by atoms with Crippen molar-refractivity contribution in [3.8, 4) is 0 Å². The van der Waals surface area contributed by atoms with Crippen molar-refractivity contribution in [2.24, 2.45) is 0 Å². The van der Waals surface area contributed by atoms with Gasteiger partial charge in [-0.2, -0.15) is 0 Å². The zero-order valence-electron chi connectivity index (χ0n) is 17.4. The lowest BCUT2D eigenvalue weighted by molar-refractivity contribution is 0.0924. The fraction of sp³-hybridized carbons (Fsp3) is 0.182. The average molecular weight is 488 g/mol. The van der Waals surface area contributed by atoms with E-state index in [1.807, 2.05) is 42.6 Å². The first kappa shape index (κ1) is 22.4. The first-order valence-corrected chi connectivity index (χ1v) is 13.4. The van der Waals surface area contributed by atoms with E-state index in [2.05, 4.69) is 15.0 Å². The molecule has 0 aliphatic heterocycles. The number of rotatable bonds is 8. The van der Waals surface area contributed by atoms with E-state index in [4.69, 9.17) is 4.42 Å². The second-order valence-corrected chi connectivity index (χ2v) is 11.0. The second-order valence-electron chi connectivity index (χ2n) is 7.21. The molecule has 0 atom stereocenters. The highest BCUT2D eigenvalue weighted by molar-refractivity contribution is 8.00. The van der Waals surface area contributed by atoms with E-state index in [1.165, 1.54) is 0 Å². The molecule has 0 saturated heterocycles. The number of thioether (sulfide) groups is 1. The number of fused-ring (bicyclic) bond motifs is 1. The van der Waals surface area contributed by atoms with Crippen LogP contribution in [0.5, 0.6) is 0 Å². The zero-order valence-corrected chi connectivity index (χ0v) is 19.9. The number of para-hydroxylation sites is 1. The van der Waals surface area contributed by atoms with Crippen molar-refractivity contribution in [1.82, 2.24) is 10.3 Å². The Kier molecular flexibility index (Phi) is 6.54. The summed E-state index contributed by atoms with van der Waals surface area (Å²) in [4.78, 5) is 17.5. The first-order chi connectivity index (χ1) is 15.3. The van der Waals surface area contributed by atoms with E-state index in [0.717, 1.165) is 32.8 Å². The Morgan fingerprint density at radius 3 is 2.75 bits per heavy atom. The number of benzene rings is 2. The standard InChI is InChI=1S/C22H21N3O4S3/c1-14-12-30-22(24-14)31-13-18-17-8-3-4-9-19(17)29-20(18)21(26)23-11-15-6-5-7-16(10-15)25-32(2,27)28/h3-10,12,25H,11,13H2,1-2H3,(H,23,26). The molecule has 32 heavy (non-hydrogen) atoms. The van der Waals surface area contributed by atoms with Crippen LogP contribution in [0.3, 0.4) is 0 Å². The van der Waals surface area contributed by atoms with Gasteiger partial charge in [0, 0.05) is 40.0 Å². The summed E-state index contributed by atoms with van der Waals surface area (Å²) < 4.78 is 32.2. The van der Waals surface area contributed by atoms with E-state index < -0.39 is 10.0 Å². The number of aryl methyl sites for hydroxylation is 1. The minimum Gasteiger partial charge on any atom is -0.451 e. The van der Waals surface area contributed by atoms with Gasteiger partial charge in [-0.05, 0) is 30.7 Å². The molecule has 0 unspecified atom stereocenters. The molecule has 0 fully saturated rings. The van der Waals surface area contributed by atoms with Crippen molar-refractivity contribution in [3.63, 3.8) is 0 Å². The minimum atomic E-state index is -3.38. The Hall–Kier alpha value is -2.82. The number of thiazole rings is 1. The number of nitrogens with zero attached hydrogens (tertiary/aromatic N) is 1. The lowest BCUT2D eigenvalue weighted by Gasteiger charge is -2.08. The van der Waals surface area contributed by atoms with Crippen LogP contribution in [0.15, 0.2) is 62.7 Å². The molecule has 166 valence electrons. The molecule has 0 bridgehead atoms. The summed E-state index contributed by atoms with van der Waals surface area (Å²) in [6, 6.07) is 14.5. The van der Waals surface area contributed by atoms with Gasteiger partial charge in [-0.25, -0.2) is 13.4 Å². The lowest BCUT2D eigenvalue weighted by Crippen LogP contribution is -2.23. The highest BCUT2D eigenvalue weighted by Crippen LogP contribution is 2.33. The molecule has 0 spiro atoms. The molecule has 2 aromatic heterocycles. The van der Waals surface area contributed by atoms with Crippen molar-refractivity contribution < 1.29 is 17.6 Å². The van der Waals surface area contributed by atoms with Crippen LogP contribution in [0.4, 0.5) is 5.69 Å². The number of amides is 1. The molecule has 7 nitrogen and oxygen atoms in total. The summed E-state index contributed by atoms with van der Waals surface area (Å²) in [5.74, 6) is 0.506. The second kappa shape index (κ2) is 9.35. The Morgan fingerprint density at radius 1 is 1.19 bits per heavy atom. The van der Waals surface area contributed by atoms with E-state index in [9.17, 15) is 13.2 Å². The molecule has 10 heteroatoms. The lowest BCUT2D eigenvalue weighted by atomic mass is 10.1. The number of carbonyl (C=O) groups is 1. The molecular formula is C22H21N3O4S3. The number of sulfonamides is 1. The number of anilines is 1.